The van der Waals surface area contributed by atoms with Crippen molar-refractivity contribution in [2.75, 3.05) is 6.26 Å². The fourth-order valence-electron chi connectivity index (χ4n) is 1.84. The number of hydrogen-bond acceptors (Lipinski definition) is 2. The molecule has 2 unspecified atom stereocenters. The Morgan fingerprint density at radius 1 is 1.38 bits per heavy atom. The Labute approximate surface area is 99.9 Å². The molecule has 16 heavy (non-hydrogen) atoms. The fraction of sp³-hybridized carbons (Fsp3) is 0.538. The molecule has 1 aliphatic carbocycles. The largest absolute Gasteiger partial charge is 0.310 e. The monoisotopic (exact) mass is 237 g/mol. The van der Waals surface area contributed by atoms with Gasteiger partial charge in [-0.2, -0.15) is 0 Å². The number of benzene rings is 1. The molecule has 2 atom stereocenters. The zero-order chi connectivity index (χ0) is 11.5. The van der Waals surface area contributed by atoms with Gasteiger partial charge in [-0.25, -0.2) is 0 Å². The predicted molar refractivity (Wildman–Crippen MR) is 67.8 cm³/mol. The average Bonchev–Trinajstić information content (AvgIpc) is 3.10. The normalized spacial score (nSPS) is 19.4. The van der Waals surface area contributed by atoms with Crippen LogP contribution < -0.4 is 5.32 Å². The van der Waals surface area contributed by atoms with Gasteiger partial charge in [0.05, 0.1) is 0 Å². The Hall–Kier alpha value is -0.670. The van der Waals surface area contributed by atoms with Crippen LogP contribution in [0.4, 0.5) is 0 Å². The summed E-state index contributed by atoms with van der Waals surface area (Å²) in [6.07, 6.45) is 4.46. The molecule has 0 bridgehead atoms. The van der Waals surface area contributed by atoms with E-state index in [0.29, 0.717) is 6.04 Å². The molecule has 0 heterocycles. The van der Waals surface area contributed by atoms with E-state index in [1.165, 1.54) is 18.4 Å². The first-order valence-corrected chi connectivity index (χ1v) is 7.38. The SMILES string of the molecule is CC(NCc1ccc(S(C)=O)cc1)C1CC1. The van der Waals surface area contributed by atoms with Gasteiger partial charge in [-0.3, -0.25) is 4.21 Å². The Kier molecular flexibility index (Phi) is 3.77. The lowest BCUT2D eigenvalue weighted by atomic mass is 10.2. The van der Waals surface area contributed by atoms with Gasteiger partial charge in [0.2, 0.25) is 0 Å². The van der Waals surface area contributed by atoms with E-state index in [4.69, 9.17) is 0 Å². The number of rotatable bonds is 5. The van der Waals surface area contributed by atoms with Crippen molar-refractivity contribution in [1.82, 2.24) is 5.32 Å². The van der Waals surface area contributed by atoms with E-state index >= 15 is 0 Å². The summed E-state index contributed by atoms with van der Waals surface area (Å²) < 4.78 is 11.2. The maximum absolute atomic E-state index is 11.2. The molecular formula is C13H19NOS. The average molecular weight is 237 g/mol. The summed E-state index contributed by atoms with van der Waals surface area (Å²) in [7, 11) is -0.868. The maximum atomic E-state index is 11.2. The van der Waals surface area contributed by atoms with Crippen LogP contribution in [-0.4, -0.2) is 16.5 Å². The molecule has 88 valence electrons. The lowest BCUT2D eigenvalue weighted by Crippen LogP contribution is -2.27. The molecule has 2 nitrogen and oxygen atoms in total. The van der Waals surface area contributed by atoms with E-state index in [-0.39, 0.29) is 0 Å². The summed E-state index contributed by atoms with van der Waals surface area (Å²) in [5, 5.41) is 3.53. The summed E-state index contributed by atoms with van der Waals surface area (Å²) in [5.74, 6) is 0.891. The van der Waals surface area contributed by atoms with Gasteiger partial charge in [-0.05, 0) is 43.4 Å². The number of hydrogen-bond donors (Lipinski definition) is 1. The first-order valence-electron chi connectivity index (χ1n) is 5.82. The van der Waals surface area contributed by atoms with Crippen LogP contribution in [0.5, 0.6) is 0 Å². The van der Waals surface area contributed by atoms with E-state index in [0.717, 1.165) is 17.4 Å². The highest BCUT2D eigenvalue weighted by atomic mass is 32.2. The van der Waals surface area contributed by atoms with Crippen molar-refractivity contribution in [3.63, 3.8) is 0 Å². The third kappa shape index (κ3) is 3.16. The van der Waals surface area contributed by atoms with Crippen molar-refractivity contribution in [2.24, 2.45) is 5.92 Å². The van der Waals surface area contributed by atoms with Crippen molar-refractivity contribution in [3.05, 3.63) is 29.8 Å². The van der Waals surface area contributed by atoms with E-state index in [1.54, 1.807) is 6.26 Å². The van der Waals surface area contributed by atoms with Crippen molar-refractivity contribution >= 4 is 10.8 Å². The van der Waals surface area contributed by atoms with Gasteiger partial charge in [-0.1, -0.05) is 12.1 Å². The van der Waals surface area contributed by atoms with Crippen molar-refractivity contribution < 1.29 is 4.21 Å². The van der Waals surface area contributed by atoms with Gasteiger partial charge in [-0.15, -0.1) is 0 Å². The van der Waals surface area contributed by atoms with Crippen LogP contribution in [0.2, 0.25) is 0 Å². The molecule has 2 rings (SSSR count). The smallest absolute Gasteiger partial charge is 0.0498 e. The van der Waals surface area contributed by atoms with E-state index in [1.807, 2.05) is 12.1 Å². The van der Waals surface area contributed by atoms with E-state index in [9.17, 15) is 4.21 Å². The molecule has 1 N–H and O–H groups in total. The Bertz CT molecular complexity index is 370. The Morgan fingerprint density at radius 2 is 2.00 bits per heavy atom. The molecule has 0 saturated heterocycles. The minimum Gasteiger partial charge on any atom is -0.310 e. The lowest BCUT2D eigenvalue weighted by Gasteiger charge is -2.12. The first-order chi connectivity index (χ1) is 7.66. The van der Waals surface area contributed by atoms with Gasteiger partial charge in [0.15, 0.2) is 0 Å². The second-order valence-corrected chi connectivity index (χ2v) is 5.98. The van der Waals surface area contributed by atoms with Gasteiger partial charge >= 0.3 is 0 Å². The molecule has 1 fully saturated rings. The van der Waals surface area contributed by atoms with Crippen LogP contribution in [-0.2, 0) is 17.3 Å². The van der Waals surface area contributed by atoms with Gasteiger partial charge in [0.1, 0.15) is 0 Å². The molecule has 1 aliphatic rings. The highest BCUT2D eigenvalue weighted by Crippen LogP contribution is 2.32. The predicted octanol–water partition coefficient (Wildman–Crippen LogP) is 2.31. The summed E-state index contributed by atoms with van der Waals surface area (Å²) in [6.45, 7) is 3.17. The van der Waals surface area contributed by atoms with Crippen molar-refractivity contribution in [3.8, 4) is 0 Å². The highest BCUT2D eigenvalue weighted by molar-refractivity contribution is 7.84. The van der Waals surface area contributed by atoms with Crippen LogP contribution in [0.25, 0.3) is 0 Å². The summed E-state index contributed by atoms with van der Waals surface area (Å²) in [6, 6.07) is 8.65. The summed E-state index contributed by atoms with van der Waals surface area (Å²) in [5.41, 5.74) is 1.27. The van der Waals surface area contributed by atoms with Crippen LogP contribution in [0.1, 0.15) is 25.3 Å². The maximum Gasteiger partial charge on any atom is 0.0498 e. The van der Waals surface area contributed by atoms with Crippen molar-refractivity contribution in [1.29, 1.82) is 0 Å². The molecule has 1 saturated carbocycles. The van der Waals surface area contributed by atoms with Crippen molar-refractivity contribution in [2.45, 2.75) is 37.2 Å². The zero-order valence-corrected chi connectivity index (χ0v) is 10.7. The molecule has 0 aliphatic heterocycles. The minimum atomic E-state index is -0.868. The lowest BCUT2D eigenvalue weighted by molar-refractivity contribution is 0.496. The van der Waals surface area contributed by atoms with E-state index < -0.39 is 10.8 Å². The van der Waals surface area contributed by atoms with Crippen LogP contribution in [0.3, 0.4) is 0 Å². The van der Waals surface area contributed by atoms with Crippen LogP contribution >= 0.6 is 0 Å². The second kappa shape index (κ2) is 5.11. The summed E-state index contributed by atoms with van der Waals surface area (Å²) in [4.78, 5) is 0.902. The second-order valence-electron chi connectivity index (χ2n) is 4.61. The van der Waals surface area contributed by atoms with Gasteiger partial charge < -0.3 is 5.32 Å². The molecule has 0 amide bonds. The summed E-state index contributed by atoms with van der Waals surface area (Å²) >= 11 is 0. The minimum absolute atomic E-state index is 0.625. The molecule has 1 aromatic carbocycles. The standard InChI is InChI=1S/C13H19NOS/c1-10(12-5-6-12)14-9-11-3-7-13(8-4-11)16(2)15/h3-4,7-8,10,12,14H,5-6,9H2,1-2H3. The Morgan fingerprint density at radius 3 is 2.50 bits per heavy atom. The fourth-order valence-corrected chi connectivity index (χ4v) is 2.36. The molecule has 1 aromatic rings. The molecule has 0 radical (unpaired) electrons. The quantitative estimate of drug-likeness (QED) is 0.851. The topological polar surface area (TPSA) is 29.1 Å². The molecular weight excluding hydrogens is 218 g/mol. The molecule has 0 spiro atoms. The van der Waals surface area contributed by atoms with Crippen LogP contribution in [0, 0.1) is 5.92 Å². The first kappa shape index (κ1) is 11.8. The van der Waals surface area contributed by atoms with Gasteiger partial charge in [0, 0.05) is 34.5 Å². The zero-order valence-electron chi connectivity index (χ0n) is 9.90. The van der Waals surface area contributed by atoms with E-state index in [2.05, 4.69) is 24.4 Å². The highest BCUT2D eigenvalue weighted by Gasteiger charge is 2.27. The number of nitrogens with one attached hydrogen (secondary N) is 1. The van der Waals surface area contributed by atoms with Gasteiger partial charge in [0.25, 0.3) is 0 Å². The third-order valence-corrected chi connectivity index (χ3v) is 4.15. The molecule has 0 aromatic heterocycles. The Balaban J connectivity index is 1.86. The third-order valence-electron chi connectivity index (χ3n) is 3.21. The van der Waals surface area contributed by atoms with Crippen LogP contribution in [0.15, 0.2) is 29.2 Å². The molecule has 3 heteroatoms.